The van der Waals surface area contributed by atoms with Crippen LogP contribution in [0.3, 0.4) is 0 Å². The van der Waals surface area contributed by atoms with Gasteiger partial charge in [-0.1, -0.05) is 150 Å². The van der Waals surface area contributed by atoms with E-state index in [-0.39, 0.29) is 0 Å². The fraction of sp³-hybridized carbons (Fsp3) is 0.318. The second kappa shape index (κ2) is 23.4. The van der Waals surface area contributed by atoms with Crippen molar-refractivity contribution < 1.29 is 13.6 Å². The second-order valence-corrected chi connectivity index (χ2v) is 13.7. The highest BCUT2D eigenvalue weighted by Crippen LogP contribution is 2.48. The summed E-state index contributed by atoms with van der Waals surface area (Å²) in [5.41, 5.74) is 6.04. The zero-order valence-electron chi connectivity index (χ0n) is 31.0. The highest BCUT2D eigenvalue weighted by molar-refractivity contribution is 7.53. The fourth-order valence-corrected chi connectivity index (χ4v) is 6.72. The highest BCUT2D eigenvalue weighted by atomic mass is 31.2. The molecule has 0 aliphatic carbocycles. The number of unbranched alkanes of at least 4 members (excludes halogenated alkanes) is 1. The van der Waals surface area contributed by atoms with Gasteiger partial charge in [0, 0.05) is 17.1 Å². The third-order valence-corrected chi connectivity index (χ3v) is 9.46. The molecule has 5 heteroatoms. The van der Waals surface area contributed by atoms with E-state index in [4.69, 9.17) is 9.05 Å². The zero-order chi connectivity index (χ0) is 35.9. The summed E-state index contributed by atoms with van der Waals surface area (Å²) >= 11 is 0. The predicted octanol–water partition coefficient (Wildman–Crippen LogP) is 14.1. The normalized spacial score (nSPS) is 10.8. The molecule has 5 aromatic rings. The van der Waals surface area contributed by atoms with Gasteiger partial charge in [0.05, 0.1) is 19.4 Å². The van der Waals surface area contributed by atoms with E-state index in [1.807, 2.05) is 27.7 Å². The first kappa shape index (κ1) is 41.2. The van der Waals surface area contributed by atoms with Crippen LogP contribution in [0.15, 0.2) is 133 Å². The van der Waals surface area contributed by atoms with Crippen molar-refractivity contribution in [2.75, 3.05) is 24.3 Å². The number of benzene rings is 5. The Morgan fingerprint density at radius 2 is 1.12 bits per heavy atom. The molecule has 262 valence electrons. The molecule has 0 heterocycles. The van der Waals surface area contributed by atoms with E-state index in [1.165, 1.54) is 39.0 Å². The van der Waals surface area contributed by atoms with Crippen molar-refractivity contribution in [3.05, 3.63) is 145 Å². The van der Waals surface area contributed by atoms with Crippen LogP contribution >= 0.6 is 7.60 Å². The van der Waals surface area contributed by atoms with E-state index in [2.05, 4.69) is 172 Å². The number of nitrogens with zero attached hydrogens (tertiary/aromatic N) is 1. The Bertz CT molecular complexity index is 1590. The number of aryl methyl sites for hydroxylation is 1. The van der Waals surface area contributed by atoms with Gasteiger partial charge in [0.15, 0.2) is 0 Å². The molecule has 0 N–H and O–H groups in total. The number of anilines is 3. The third kappa shape index (κ3) is 14.6. The molecular formula is C44H58NO3P. The fourth-order valence-electron chi connectivity index (χ4n) is 4.90. The molecule has 0 atom stereocenters. The lowest BCUT2D eigenvalue weighted by Gasteiger charge is -2.27. The summed E-state index contributed by atoms with van der Waals surface area (Å²) in [5.74, 6) is 0.562. The van der Waals surface area contributed by atoms with E-state index in [0.717, 1.165) is 12.8 Å². The van der Waals surface area contributed by atoms with Crippen LogP contribution in [0.1, 0.15) is 72.4 Å². The van der Waals surface area contributed by atoms with Gasteiger partial charge in [-0.05, 0) is 85.3 Å². The monoisotopic (exact) mass is 679 g/mol. The van der Waals surface area contributed by atoms with Crippen LogP contribution in [0.25, 0.3) is 16.8 Å². The van der Waals surface area contributed by atoms with Crippen molar-refractivity contribution in [3.63, 3.8) is 0 Å². The van der Waals surface area contributed by atoms with Gasteiger partial charge in [0.1, 0.15) is 0 Å². The van der Waals surface area contributed by atoms with E-state index in [1.54, 1.807) is 0 Å². The molecule has 0 fully saturated rings. The Hall–Kier alpha value is -3.95. The molecule has 0 saturated carbocycles. The summed E-state index contributed by atoms with van der Waals surface area (Å²) in [6.07, 6.45) is 6.88. The Morgan fingerprint density at radius 1 is 0.653 bits per heavy atom. The molecule has 0 unspecified atom stereocenters. The third-order valence-electron chi connectivity index (χ3n) is 7.29. The molecule has 5 rings (SSSR count). The number of para-hydroxylation sites is 2. The molecule has 5 aromatic carbocycles. The van der Waals surface area contributed by atoms with Crippen LogP contribution < -0.4 is 4.90 Å². The number of hydrogen-bond acceptors (Lipinski definition) is 4. The summed E-state index contributed by atoms with van der Waals surface area (Å²) in [6, 6.07) is 44.5. The smallest absolute Gasteiger partial charge is 0.310 e. The van der Waals surface area contributed by atoms with Gasteiger partial charge in [0.25, 0.3) is 0 Å². The summed E-state index contributed by atoms with van der Waals surface area (Å²) in [7, 11) is -2.74. The molecule has 0 saturated heterocycles. The quantitative estimate of drug-likeness (QED) is 0.123. The summed E-state index contributed by atoms with van der Waals surface area (Å²) < 4.78 is 21.9. The largest absolute Gasteiger partial charge is 0.330 e. The van der Waals surface area contributed by atoms with Crippen molar-refractivity contribution in [1.82, 2.24) is 0 Å². The lowest BCUT2D eigenvalue weighted by molar-refractivity contribution is 0.219. The topological polar surface area (TPSA) is 38.8 Å². The Kier molecular flexibility index (Phi) is 19.7. The summed E-state index contributed by atoms with van der Waals surface area (Å²) in [4.78, 5) is 2.31. The average Bonchev–Trinajstić information content (AvgIpc) is 3.13. The second-order valence-electron chi connectivity index (χ2n) is 11.5. The Balaban J connectivity index is 0.000000288. The van der Waals surface area contributed by atoms with Crippen LogP contribution in [-0.2, 0) is 13.6 Å². The zero-order valence-corrected chi connectivity index (χ0v) is 31.9. The molecule has 0 aliphatic rings. The van der Waals surface area contributed by atoms with Crippen molar-refractivity contribution in [3.8, 4) is 0 Å². The van der Waals surface area contributed by atoms with Crippen molar-refractivity contribution in [2.24, 2.45) is 5.92 Å². The van der Waals surface area contributed by atoms with Crippen LogP contribution in [0, 0.1) is 12.8 Å². The first-order valence-corrected chi connectivity index (χ1v) is 19.5. The van der Waals surface area contributed by atoms with Gasteiger partial charge in [-0.2, -0.15) is 0 Å². The number of hydrogen-bond donors (Lipinski definition) is 0. The van der Waals surface area contributed by atoms with Crippen molar-refractivity contribution >= 4 is 41.5 Å². The van der Waals surface area contributed by atoms with E-state index in [0.29, 0.717) is 25.3 Å². The molecule has 0 aromatic heterocycles. The van der Waals surface area contributed by atoms with Gasteiger partial charge < -0.3 is 13.9 Å². The lowest BCUT2D eigenvalue weighted by atomic mass is 10.1. The van der Waals surface area contributed by atoms with Crippen LogP contribution in [-0.4, -0.2) is 19.4 Å². The van der Waals surface area contributed by atoms with Crippen LogP contribution in [0.5, 0.6) is 0 Å². The molecule has 0 radical (unpaired) electrons. The predicted molar refractivity (Wildman–Crippen MR) is 216 cm³/mol. The van der Waals surface area contributed by atoms with Gasteiger partial charge >= 0.3 is 7.60 Å². The first-order valence-electron chi connectivity index (χ1n) is 17.8. The van der Waals surface area contributed by atoms with Gasteiger partial charge in [-0.15, -0.1) is 0 Å². The molecule has 49 heavy (non-hydrogen) atoms. The van der Waals surface area contributed by atoms with Crippen LogP contribution in [0.2, 0.25) is 0 Å². The summed E-state index contributed by atoms with van der Waals surface area (Å²) in [5, 5.41) is 2.62. The van der Waals surface area contributed by atoms with E-state index >= 15 is 0 Å². The highest BCUT2D eigenvalue weighted by Gasteiger charge is 2.21. The van der Waals surface area contributed by atoms with Gasteiger partial charge in [0.2, 0.25) is 0 Å². The number of allylic oxidation sites excluding steroid dienone is 1. The Labute approximate surface area is 297 Å². The van der Waals surface area contributed by atoms with Crippen LogP contribution in [0.4, 0.5) is 17.1 Å². The van der Waals surface area contributed by atoms with Crippen molar-refractivity contribution in [2.45, 2.75) is 68.2 Å². The number of rotatable bonds is 12. The maximum atomic E-state index is 11.7. The maximum Gasteiger partial charge on any atom is 0.330 e. The first-order chi connectivity index (χ1) is 23.8. The van der Waals surface area contributed by atoms with Gasteiger partial charge in [-0.3, -0.25) is 4.57 Å². The van der Waals surface area contributed by atoms with E-state index < -0.39 is 7.60 Å². The van der Waals surface area contributed by atoms with E-state index in [9.17, 15) is 4.57 Å². The molecule has 0 bridgehead atoms. The van der Waals surface area contributed by atoms with Crippen molar-refractivity contribution in [1.29, 1.82) is 0 Å². The SMILES string of the molecule is CC.CCCCP(=O)(OCC)OCC.Cc1ccccc1N(c1ccccc1)c1ccc(C=CC(C)C)cc1.c1ccc2ccccc2c1. The maximum absolute atomic E-state index is 11.7. The molecule has 0 amide bonds. The lowest BCUT2D eigenvalue weighted by Crippen LogP contribution is -2.11. The molecule has 4 nitrogen and oxygen atoms in total. The average molecular weight is 680 g/mol. The minimum absolute atomic E-state index is 0.459. The number of fused-ring (bicyclic) bond motifs is 1. The molecule has 0 aliphatic heterocycles. The minimum atomic E-state index is -2.74. The van der Waals surface area contributed by atoms with Gasteiger partial charge in [-0.25, -0.2) is 0 Å². The standard InChI is InChI=1S/C24H25N.C10H8.C8H19O3P.C2H6/c1-19(2)13-14-21-15-17-23(18-16-21)25(22-10-5-4-6-11-22)24-12-8-7-9-20(24)3;1-2-6-10-8-4-3-7-9(10)5-1;1-4-7-8-12(9,10-5-2)11-6-3;1-2/h4-19H,1-3H3;1-8H;4-8H2,1-3H3;1-2H3. The molecular weight excluding hydrogens is 621 g/mol. The minimum Gasteiger partial charge on any atom is -0.310 e. The molecule has 0 spiro atoms. The Morgan fingerprint density at radius 3 is 1.59 bits per heavy atom. The summed E-state index contributed by atoms with van der Waals surface area (Å²) in [6.45, 7) is 17.2.